The summed E-state index contributed by atoms with van der Waals surface area (Å²) in [5.41, 5.74) is 18.3. The third-order valence-electron chi connectivity index (χ3n) is 10.4. The second kappa shape index (κ2) is 12.9. The molecule has 1 aliphatic carbocycles. The lowest BCUT2D eigenvalue weighted by atomic mass is 9.87. The van der Waals surface area contributed by atoms with Gasteiger partial charge >= 0.3 is 0 Å². The number of benzene rings is 5. The van der Waals surface area contributed by atoms with Gasteiger partial charge in [-0.05, 0) is 106 Å². The van der Waals surface area contributed by atoms with Crippen molar-refractivity contribution in [1.29, 1.82) is 0 Å². The first-order chi connectivity index (χ1) is 22.0. The molecule has 0 amide bonds. The van der Waals surface area contributed by atoms with E-state index in [0.717, 1.165) is 12.8 Å². The first kappa shape index (κ1) is 31.8. The topological polar surface area (TPSA) is 0 Å². The quantitative estimate of drug-likeness (QED) is 0.152. The Hall–Kier alpha value is -4.20. The van der Waals surface area contributed by atoms with Crippen molar-refractivity contribution in [2.45, 2.75) is 73.3 Å². The maximum Gasteiger partial charge on any atom is 0.117 e. The maximum atomic E-state index is 2.59. The highest BCUT2D eigenvalue weighted by molar-refractivity contribution is 6.90. The van der Waals surface area contributed by atoms with Crippen LogP contribution in [0.2, 0.25) is 5.04 Å². The standard InChI is InChI=1S/C45H48Si/c1-30-19-31(2)22-42(21-30)46(43-23-32(3)20-33(4)24-43)45(8)36(7)34(5)35(6)44(45)41-28-39(25-37-15-11-9-12-16-37)27-40(29-41)26-38-17-13-10-14-18-38/h9-24,27-29,46H,25-26H2,1-8H3. The molecule has 0 aromatic heterocycles. The van der Waals surface area contributed by atoms with Crippen LogP contribution in [0.25, 0.3) is 5.57 Å². The minimum atomic E-state index is -1.88. The Kier molecular flexibility index (Phi) is 8.90. The predicted molar refractivity (Wildman–Crippen MR) is 203 cm³/mol. The third kappa shape index (κ3) is 6.26. The Bertz CT molecular complexity index is 1810. The first-order valence-corrected chi connectivity index (χ1v) is 18.5. The molecule has 5 aromatic carbocycles. The molecule has 0 spiro atoms. The summed E-state index contributed by atoms with van der Waals surface area (Å²) in [4.78, 5) is 0. The molecule has 46 heavy (non-hydrogen) atoms. The van der Waals surface area contributed by atoms with Crippen LogP contribution < -0.4 is 10.4 Å². The van der Waals surface area contributed by atoms with E-state index in [4.69, 9.17) is 0 Å². The highest BCUT2D eigenvalue weighted by Crippen LogP contribution is 2.58. The normalized spacial score (nSPS) is 16.5. The number of hydrogen-bond donors (Lipinski definition) is 0. The van der Waals surface area contributed by atoms with Gasteiger partial charge in [0.25, 0.3) is 0 Å². The van der Waals surface area contributed by atoms with Crippen LogP contribution in [-0.4, -0.2) is 8.80 Å². The maximum absolute atomic E-state index is 2.59. The number of allylic oxidation sites excluding steroid dienone is 4. The molecule has 232 valence electrons. The summed E-state index contributed by atoms with van der Waals surface area (Å²) in [7, 11) is -1.88. The van der Waals surface area contributed by atoms with E-state index in [-0.39, 0.29) is 5.04 Å². The van der Waals surface area contributed by atoms with E-state index < -0.39 is 8.80 Å². The fourth-order valence-electron chi connectivity index (χ4n) is 8.30. The molecule has 1 heteroatoms. The molecule has 1 atom stereocenters. The molecule has 0 radical (unpaired) electrons. The minimum absolute atomic E-state index is 0.0932. The summed E-state index contributed by atoms with van der Waals surface area (Å²) in [6, 6.07) is 44.0. The summed E-state index contributed by atoms with van der Waals surface area (Å²) >= 11 is 0. The van der Waals surface area contributed by atoms with Crippen molar-refractivity contribution in [3.05, 3.63) is 182 Å². The number of rotatable bonds is 8. The molecule has 1 unspecified atom stereocenters. The van der Waals surface area contributed by atoms with E-state index in [1.165, 1.54) is 82.7 Å². The highest BCUT2D eigenvalue weighted by atomic mass is 28.3. The smallest absolute Gasteiger partial charge is 0.0622 e. The van der Waals surface area contributed by atoms with Gasteiger partial charge in [0, 0.05) is 5.04 Å². The van der Waals surface area contributed by atoms with Gasteiger partial charge in [0.2, 0.25) is 0 Å². The van der Waals surface area contributed by atoms with E-state index in [1.807, 2.05) is 0 Å². The Morgan fingerprint density at radius 1 is 0.457 bits per heavy atom. The number of aryl methyl sites for hydroxylation is 4. The molecular formula is C45H48Si. The van der Waals surface area contributed by atoms with Gasteiger partial charge in [-0.2, -0.15) is 0 Å². The average molecular weight is 617 g/mol. The van der Waals surface area contributed by atoms with Gasteiger partial charge in [-0.25, -0.2) is 0 Å². The van der Waals surface area contributed by atoms with Crippen LogP contribution in [0.15, 0.2) is 132 Å². The van der Waals surface area contributed by atoms with Gasteiger partial charge in [-0.1, -0.05) is 160 Å². The molecule has 0 bridgehead atoms. The summed E-state index contributed by atoms with van der Waals surface area (Å²) in [5.74, 6) is 0. The highest BCUT2D eigenvalue weighted by Gasteiger charge is 2.47. The van der Waals surface area contributed by atoms with E-state index in [9.17, 15) is 0 Å². The van der Waals surface area contributed by atoms with Crippen LogP contribution in [0.1, 0.15) is 77.8 Å². The lowest BCUT2D eigenvalue weighted by Gasteiger charge is -2.40. The van der Waals surface area contributed by atoms with Gasteiger partial charge in [-0.15, -0.1) is 0 Å². The first-order valence-electron chi connectivity index (χ1n) is 16.8. The third-order valence-corrected chi connectivity index (χ3v) is 14.3. The second-order valence-electron chi connectivity index (χ2n) is 14.1. The minimum Gasteiger partial charge on any atom is -0.0622 e. The van der Waals surface area contributed by atoms with E-state index in [1.54, 1.807) is 0 Å². The van der Waals surface area contributed by atoms with Gasteiger partial charge in [0.15, 0.2) is 0 Å². The van der Waals surface area contributed by atoms with Gasteiger partial charge in [-0.3, -0.25) is 0 Å². The van der Waals surface area contributed by atoms with Crippen LogP contribution >= 0.6 is 0 Å². The van der Waals surface area contributed by atoms with E-state index >= 15 is 0 Å². The van der Waals surface area contributed by atoms with Crippen LogP contribution in [0, 0.1) is 27.7 Å². The van der Waals surface area contributed by atoms with Crippen molar-refractivity contribution < 1.29 is 0 Å². The second-order valence-corrected chi connectivity index (χ2v) is 17.4. The summed E-state index contributed by atoms with van der Waals surface area (Å²) in [6.45, 7) is 18.8. The Balaban J connectivity index is 1.59. The van der Waals surface area contributed by atoms with Gasteiger partial charge in [0.1, 0.15) is 8.80 Å². The zero-order valence-electron chi connectivity index (χ0n) is 29.0. The monoisotopic (exact) mass is 616 g/mol. The zero-order chi connectivity index (χ0) is 32.6. The van der Waals surface area contributed by atoms with Crippen molar-refractivity contribution >= 4 is 24.7 Å². The lowest BCUT2D eigenvalue weighted by molar-refractivity contribution is 0.900. The Labute approximate surface area is 279 Å². The van der Waals surface area contributed by atoms with Gasteiger partial charge < -0.3 is 0 Å². The van der Waals surface area contributed by atoms with E-state index in [0.29, 0.717) is 0 Å². The number of hydrogen-bond acceptors (Lipinski definition) is 0. The summed E-state index contributed by atoms with van der Waals surface area (Å²) in [6.07, 6.45) is 1.86. The molecular weight excluding hydrogens is 569 g/mol. The fourth-order valence-corrected chi connectivity index (χ4v) is 13.1. The molecule has 1 aliphatic rings. The van der Waals surface area contributed by atoms with Crippen LogP contribution in [-0.2, 0) is 12.8 Å². The average Bonchev–Trinajstić information content (AvgIpc) is 3.17. The van der Waals surface area contributed by atoms with Crippen LogP contribution in [0.4, 0.5) is 0 Å². The zero-order valence-corrected chi connectivity index (χ0v) is 30.1. The molecule has 5 aromatic rings. The fraction of sp³-hybridized carbons (Fsp3) is 0.244. The van der Waals surface area contributed by atoms with E-state index in [2.05, 4.69) is 171 Å². The van der Waals surface area contributed by atoms with Crippen molar-refractivity contribution in [3.8, 4) is 0 Å². The lowest BCUT2D eigenvalue weighted by Crippen LogP contribution is -2.52. The van der Waals surface area contributed by atoms with Crippen molar-refractivity contribution in [2.75, 3.05) is 0 Å². The van der Waals surface area contributed by atoms with Crippen molar-refractivity contribution in [2.24, 2.45) is 0 Å². The molecule has 0 saturated carbocycles. The molecule has 0 N–H and O–H groups in total. The Morgan fingerprint density at radius 2 is 0.870 bits per heavy atom. The molecule has 0 nitrogen and oxygen atoms in total. The molecule has 0 fully saturated rings. The van der Waals surface area contributed by atoms with Crippen molar-refractivity contribution in [1.82, 2.24) is 0 Å². The van der Waals surface area contributed by atoms with Crippen molar-refractivity contribution in [3.63, 3.8) is 0 Å². The largest absolute Gasteiger partial charge is 0.117 e. The SMILES string of the molecule is CC1=C(C)C(C)([SiH](c2cc(C)cc(C)c2)c2cc(C)cc(C)c2)C(c2cc(Cc3ccccc3)cc(Cc3ccccc3)c2)=C1C. The Morgan fingerprint density at radius 3 is 1.28 bits per heavy atom. The molecule has 0 aliphatic heterocycles. The summed E-state index contributed by atoms with van der Waals surface area (Å²) in [5, 5.41) is 2.98. The van der Waals surface area contributed by atoms with Crippen LogP contribution in [0.5, 0.6) is 0 Å². The molecule has 0 heterocycles. The molecule has 6 rings (SSSR count). The summed E-state index contributed by atoms with van der Waals surface area (Å²) < 4.78 is 0. The molecule has 0 saturated heterocycles. The predicted octanol–water partition coefficient (Wildman–Crippen LogP) is 10.0. The van der Waals surface area contributed by atoms with Crippen LogP contribution in [0.3, 0.4) is 0 Å². The van der Waals surface area contributed by atoms with Gasteiger partial charge in [0.05, 0.1) is 0 Å².